The molecule has 1 aliphatic carbocycles. The molecule has 0 spiro atoms. The van der Waals surface area contributed by atoms with Crippen molar-refractivity contribution in [2.45, 2.75) is 19.3 Å². The lowest BCUT2D eigenvalue weighted by atomic mass is 9.66. The van der Waals surface area contributed by atoms with Gasteiger partial charge in [-0.2, -0.15) is 0 Å². The van der Waals surface area contributed by atoms with E-state index in [1.165, 1.54) is 66.2 Å². The van der Waals surface area contributed by atoms with Gasteiger partial charge in [0, 0.05) is 33.1 Å². The Morgan fingerprint density at radius 1 is 0.455 bits per heavy atom. The molecule has 1 heterocycles. The summed E-state index contributed by atoms with van der Waals surface area (Å²) >= 11 is 0. The molecular weight excluding hydrogens is 667 g/mol. The van der Waals surface area contributed by atoms with Crippen LogP contribution in [0.2, 0.25) is 0 Å². The minimum Gasteiger partial charge on any atom is -0.455 e. The number of para-hydroxylation sites is 2. The molecule has 0 aliphatic heterocycles. The zero-order chi connectivity index (χ0) is 36.7. The lowest BCUT2D eigenvalue weighted by molar-refractivity contribution is 0.646. The lowest BCUT2D eigenvalue weighted by Crippen LogP contribution is -2.27. The van der Waals surface area contributed by atoms with E-state index in [2.05, 4.69) is 201 Å². The summed E-state index contributed by atoms with van der Waals surface area (Å²) in [5, 5.41) is 7.28. The molecule has 0 fully saturated rings. The SMILES string of the molecule is CC1(C)c2c(cccc2N(c2ccc(-c3ccccc3)cc2)c2ccc3ccccc3c2)-c2c(-c3cccc4c3oc3ccccc34)ccc3cccc1c23. The van der Waals surface area contributed by atoms with Crippen LogP contribution in [0.25, 0.3) is 76.9 Å². The number of fused-ring (bicyclic) bond motifs is 6. The van der Waals surface area contributed by atoms with Crippen LogP contribution in [-0.2, 0) is 5.41 Å². The number of anilines is 3. The molecule has 0 N–H and O–H groups in total. The van der Waals surface area contributed by atoms with Crippen LogP contribution in [0.15, 0.2) is 192 Å². The number of furan rings is 1. The first-order valence-corrected chi connectivity index (χ1v) is 19.1. The molecule has 0 bridgehead atoms. The van der Waals surface area contributed by atoms with Gasteiger partial charge in [0.25, 0.3) is 0 Å². The first-order valence-electron chi connectivity index (χ1n) is 19.1. The molecule has 2 heteroatoms. The van der Waals surface area contributed by atoms with Gasteiger partial charge in [0.1, 0.15) is 11.2 Å². The standard InChI is InChI=1S/C53H37NO/c1-53(2)46-22-10-17-37-28-32-42(44-20-11-19-43-41-18-8-9-24-48(41)55-52(43)44)50(49(37)46)45-21-12-23-47(51(45)53)54(40-31-27-35-15-6-7-16-38(35)33-40)39-29-25-36(26-30-39)34-13-4-3-5-14-34/h3-33H,1-2H3. The van der Waals surface area contributed by atoms with Crippen molar-refractivity contribution in [3.05, 3.63) is 199 Å². The molecule has 0 saturated heterocycles. The molecule has 10 aromatic rings. The number of benzene rings is 9. The minimum atomic E-state index is -0.318. The number of hydrogen-bond acceptors (Lipinski definition) is 2. The highest BCUT2D eigenvalue weighted by Gasteiger charge is 2.38. The molecule has 0 atom stereocenters. The summed E-state index contributed by atoms with van der Waals surface area (Å²) in [6.45, 7) is 4.80. The van der Waals surface area contributed by atoms with Crippen LogP contribution in [0.4, 0.5) is 17.1 Å². The van der Waals surface area contributed by atoms with Gasteiger partial charge in [-0.05, 0) is 96.9 Å². The van der Waals surface area contributed by atoms with Crippen molar-refractivity contribution in [1.82, 2.24) is 0 Å². The summed E-state index contributed by atoms with van der Waals surface area (Å²) in [7, 11) is 0. The summed E-state index contributed by atoms with van der Waals surface area (Å²) in [5.41, 5.74) is 14.8. The second-order valence-corrected chi connectivity index (χ2v) is 15.3. The number of nitrogens with zero attached hydrogens (tertiary/aromatic N) is 1. The van der Waals surface area contributed by atoms with Crippen molar-refractivity contribution in [2.75, 3.05) is 4.90 Å². The van der Waals surface area contributed by atoms with Crippen LogP contribution in [0, 0.1) is 0 Å². The normalized spacial score (nSPS) is 13.1. The van der Waals surface area contributed by atoms with Crippen LogP contribution in [0.5, 0.6) is 0 Å². The zero-order valence-electron chi connectivity index (χ0n) is 30.8. The average Bonchev–Trinajstić information content (AvgIpc) is 3.62. The highest BCUT2D eigenvalue weighted by Crippen LogP contribution is 2.56. The first kappa shape index (κ1) is 31.6. The molecule has 0 unspecified atom stereocenters. The van der Waals surface area contributed by atoms with E-state index >= 15 is 0 Å². The van der Waals surface area contributed by atoms with E-state index in [1.807, 2.05) is 6.07 Å². The maximum Gasteiger partial charge on any atom is 0.143 e. The van der Waals surface area contributed by atoms with Gasteiger partial charge in [-0.15, -0.1) is 0 Å². The first-order chi connectivity index (χ1) is 27.0. The van der Waals surface area contributed by atoms with Crippen LogP contribution in [0.3, 0.4) is 0 Å². The molecule has 55 heavy (non-hydrogen) atoms. The van der Waals surface area contributed by atoms with Gasteiger partial charge >= 0.3 is 0 Å². The maximum atomic E-state index is 6.67. The molecule has 0 saturated carbocycles. The molecule has 1 aliphatic rings. The van der Waals surface area contributed by atoms with Crippen LogP contribution in [-0.4, -0.2) is 0 Å². The summed E-state index contributed by atoms with van der Waals surface area (Å²) in [5.74, 6) is 0. The van der Waals surface area contributed by atoms with E-state index in [1.54, 1.807) is 0 Å². The topological polar surface area (TPSA) is 16.4 Å². The van der Waals surface area contributed by atoms with Gasteiger partial charge in [-0.1, -0.05) is 166 Å². The van der Waals surface area contributed by atoms with E-state index in [0.29, 0.717) is 0 Å². The Kier molecular flexibility index (Phi) is 6.93. The van der Waals surface area contributed by atoms with Gasteiger partial charge in [0.05, 0.1) is 5.69 Å². The number of hydrogen-bond donors (Lipinski definition) is 0. The van der Waals surface area contributed by atoms with E-state index in [9.17, 15) is 0 Å². The Morgan fingerprint density at radius 3 is 1.98 bits per heavy atom. The number of rotatable bonds is 5. The fourth-order valence-corrected chi connectivity index (χ4v) is 9.27. The third-order valence-electron chi connectivity index (χ3n) is 11.8. The summed E-state index contributed by atoms with van der Waals surface area (Å²) in [6, 6.07) is 68.4. The van der Waals surface area contributed by atoms with Crippen molar-refractivity contribution in [2.24, 2.45) is 0 Å². The Balaban J connectivity index is 1.19. The largest absolute Gasteiger partial charge is 0.455 e. The van der Waals surface area contributed by atoms with Crippen molar-refractivity contribution in [3.8, 4) is 33.4 Å². The second kappa shape index (κ2) is 12.1. The third-order valence-corrected chi connectivity index (χ3v) is 11.8. The van der Waals surface area contributed by atoms with Gasteiger partial charge in [-0.25, -0.2) is 0 Å². The van der Waals surface area contributed by atoms with Crippen molar-refractivity contribution < 1.29 is 4.42 Å². The van der Waals surface area contributed by atoms with Crippen molar-refractivity contribution >= 4 is 60.5 Å². The molecule has 1 aromatic heterocycles. The van der Waals surface area contributed by atoms with E-state index in [-0.39, 0.29) is 5.41 Å². The monoisotopic (exact) mass is 703 g/mol. The average molecular weight is 704 g/mol. The van der Waals surface area contributed by atoms with Crippen LogP contribution < -0.4 is 4.90 Å². The molecular formula is C53H37NO. The molecule has 0 radical (unpaired) electrons. The van der Waals surface area contributed by atoms with Crippen molar-refractivity contribution in [3.63, 3.8) is 0 Å². The van der Waals surface area contributed by atoms with Crippen LogP contribution in [0.1, 0.15) is 25.0 Å². The van der Waals surface area contributed by atoms with E-state index < -0.39 is 0 Å². The van der Waals surface area contributed by atoms with Crippen LogP contribution >= 0.6 is 0 Å². The third kappa shape index (κ3) is 4.81. The quantitative estimate of drug-likeness (QED) is 0.177. The van der Waals surface area contributed by atoms with Crippen molar-refractivity contribution in [1.29, 1.82) is 0 Å². The highest BCUT2D eigenvalue weighted by molar-refractivity contribution is 6.15. The fourth-order valence-electron chi connectivity index (χ4n) is 9.27. The summed E-state index contributed by atoms with van der Waals surface area (Å²) in [4.78, 5) is 2.47. The lowest BCUT2D eigenvalue weighted by Gasteiger charge is -2.40. The fraction of sp³-hybridized carbons (Fsp3) is 0.0566. The molecule has 2 nitrogen and oxygen atoms in total. The van der Waals surface area contributed by atoms with Gasteiger partial charge in [0.15, 0.2) is 0 Å². The predicted octanol–water partition coefficient (Wildman–Crippen LogP) is 15.0. The summed E-state index contributed by atoms with van der Waals surface area (Å²) in [6.07, 6.45) is 0. The smallest absolute Gasteiger partial charge is 0.143 e. The van der Waals surface area contributed by atoms with Gasteiger partial charge < -0.3 is 9.32 Å². The maximum absolute atomic E-state index is 6.67. The Bertz CT molecular complexity index is 3110. The Labute approximate surface area is 320 Å². The summed E-state index contributed by atoms with van der Waals surface area (Å²) < 4.78 is 6.67. The second-order valence-electron chi connectivity index (χ2n) is 15.3. The minimum absolute atomic E-state index is 0.318. The van der Waals surface area contributed by atoms with Gasteiger partial charge in [0.2, 0.25) is 0 Å². The Morgan fingerprint density at radius 2 is 1.11 bits per heavy atom. The van der Waals surface area contributed by atoms with Gasteiger partial charge in [-0.3, -0.25) is 0 Å². The van der Waals surface area contributed by atoms with E-state index in [0.717, 1.165) is 38.9 Å². The highest BCUT2D eigenvalue weighted by atomic mass is 16.3. The predicted molar refractivity (Wildman–Crippen MR) is 232 cm³/mol. The molecule has 260 valence electrons. The molecule has 9 aromatic carbocycles. The molecule has 11 rings (SSSR count). The Hall–Kier alpha value is -6.90. The molecule has 0 amide bonds. The van der Waals surface area contributed by atoms with E-state index in [4.69, 9.17) is 4.42 Å². The zero-order valence-corrected chi connectivity index (χ0v) is 30.8.